The van der Waals surface area contributed by atoms with E-state index in [-0.39, 0.29) is 30.4 Å². The third kappa shape index (κ3) is 2.74. The molecule has 1 fully saturated rings. The highest BCUT2D eigenvalue weighted by Gasteiger charge is 2.42. The standard InChI is InChI=1S/C19H16N4S.ClH/c1-2-17-14(5-10-24-17)11-15(1)19-18(13-3-6-20-7-4-13)16-12-21-8-9-23(16)22-19;/h1-12,16,18-19,22H;1H. The van der Waals surface area contributed by atoms with Gasteiger partial charge in [-0.2, -0.15) is 0 Å². The second kappa shape index (κ2) is 6.59. The fourth-order valence-electron chi connectivity index (χ4n) is 3.69. The van der Waals surface area contributed by atoms with Crippen LogP contribution in [0.15, 0.2) is 71.6 Å². The number of hydrogen-bond acceptors (Lipinski definition) is 5. The molecule has 25 heavy (non-hydrogen) atoms. The minimum absolute atomic E-state index is 0. The van der Waals surface area contributed by atoms with Gasteiger partial charge in [0.05, 0.1) is 12.1 Å². The maximum atomic E-state index is 4.36. The Morgan fingerprint density at radius 3 is 2.80 bits per heavy atom. The summed E-state index contributed by atoms with van der Waals surface area (Å²) in [5.41, 5.74) is 6.24. The number of benzene rings is 1. The van der Waals surface area contributed by atoms with Crippen LogP contribution in [0.4, 0.5) is 0 Å². The zero-order valence-corrected chi connectivity index (χ0v) is 15.0. The molecule has 6 heteroatoms. The lowest BCUT2D eigenvalue weighted by Crippen LogP contribution is -2.35. The van der Waals surface area contributed by atoms with Crippen LogP contribution in [-0.2, 0) is 0 Å². The number of nitrogens with zero attached hydrogens (tertiary/aromatic N) is 3. The van der Waals surface area contributed by atoms with Gasteiger partial charge in [-0.05, 0) is 52.2 Å². The minimum atomic E-state index is 0. The van der Waals surface area contributed by atoms with Crippen molar-refractivity contribution in [1.29, 1.82) is 0 Å². The number of hydrogen-bond donors (Lipinski definition) is 1. The monoisotopic (exact) mass is 368 g/mol. The number of rotatable bonds is 2. The predicted molar refractivity (Wildman–Crippen MR) is 105 cm³/mol. The van der Waals surface area contributed by atoms with E-state index in [1.54, 1.807) is 11.3 Å². The van der Waals surface area contributed by atoms with Gasteiger partial charge in [-0.25, -0.2) is 5.43 Å². The smallest absolute Gasteiger partial charge is 0.0887 e. The Hall–Kier alpha value is -2.21. The maximum Gasteiger partial charge on any atom is 0.0887 e. The third-order valence-electron chi connectivity index (χ3n) is 4.82. The molecule has 2 aliphatic heterocycles. The Bertz CT molecular complexity index is 937. The van der Waals surface area contributed by atoms with Crippen molar-refractivity contribution in [2.45, 2.75) is 18.0 Å². The topological polar surface area (TPSA) is 40.5 Å². The van der Waals surface area contributed by atoms with Gasteiger partial charge >= 0.3 is 0 Å². The summed E-state index contributed by atoms with van der Waals surface area (Å²) in [7, 11) is 0. The first kappa shape index (κ1) is 16.3. The maximum absolute atomic E-state index is 4.36. The van der Waals surface area contributed by atoms with Gasteiger partial charge in [0, 0.05) is 41.6 Å². The molecule has 2 aromatic heterocycles. The summed E-state index contributed by atoms with van der Waals surface area (Å²) < 4.78 is 1.33. The summed E-state index contributed by atoms with van der Waals surface area (Å²) in [6.45, 7) is 0. The van der Waals surface area contributed by atoms with Gasteiger partial charge in [-0.1, -0.05) is 6.07 Å². The van der Waals surface area contributed by atoms with E-state index in [0.717, 1.165) is 0 Å². The molecule has 126 valence electrons. The first-order chi connectivity index (χ1) is 11.9. The summed E-state index contributed by atoms with van der Waals surface area (Å²) >= 11 is 1.78. The summed E-state index contributed by atoms with van der Waals surface area (Å²) in [6, 6.07) is 13.6. The van der Waals surface area contributed by atoms with Gasteiger partial charge in [-0.3, -0.25) is 9.98 Å². The first-order valence-corrected chi connectivity index (χ1v) is 8.90. The number of aromatic nitrogens is 1. The van der Waals surface area contributed by atoms with Gasteiger partial charge < -0.3 is 5.01 Å². The second-order valence-corrected chi connectivity index (χ2v) is 7.07. The van der Waals surface area contributed by atoms with Crippen LogP contribution in [0.1, 0.15) is 23.1 Å². The molecule has 0 saturated carbocycles. The van der Waals surface area contributed by atoms with Crippen LogP contribution in [0, 0.1) is 0 Å². The minimum Gasteiger partial charge on any atom is -0.304 e. The molecule has 2 aliphatic rings. The highest BCUT2D eigenvalue weighted by atomic mass is 35.5. The molecule has 1 aromatic carbocycles. The number of fused-ring (bicyclic) bond motifs is 2. The Morgan fingerprint density at radius 2 is 1.92 bits per heavy atom. The van der Waals surface area contributed by atoms with Crippen molar-refractivity contribution in [3.63, 3.8) is 0 Å². The Kier molecular flexibility index (Phi) is 4.29. The summed E-state index contributed by atoms with van der Waals surface area (Å²) in [6.07, 6.45) is 9.61. The van der Waals surface area contributed by atoms with Crippen molar-refractivity contribution in [2.75, 3.05) is 0 Å². The van der Waals surface area contributed by atoms with Crippen molar-refractivity contribution < 1.29 is 0 Å². The van der Waals surface area contributed by atoms with Crippen LogP contribution < -0.4 is 5.43 Å². The molecule has 0 radical (unpaired) electrons. The molecule has 3 atom stereocenters. The quantitative estimate of drug-likeness (QED) is 0.733. The SMILES string of the molecule is C1=CN2NC(c3ccc4sccc4c3)C(c3ccncc3)C2C=N1.Cl. The molecule has 3 unspecified atom stereocenters. The highest BCUT2D eigenvalue weighted by Crippen LogP contribution is 2.42. The number of hydrazine groups is 1. The average molecular weight is 369 g/mol. The molecule has 5 rings (SSSR count). The van der Waals surface area contributed by atoms with Gasteiger partial charge in [0.15, 0.2) is 0 Å². The largest absolute Gasteiger partial charge is 0.304 e. The summed E-state index contributed by atoms with van der Waals surface area (Å²) in [5, 5.41) is 5.62. The van der Waals surface area contributed by atoms with Crippen molar-refractivity contribution in [2.24, 2.45) is 4.99 Å². The fourth-order valence-corrected chi connectivity index (χ4v) is 4.46. The highest BCUT2D eigenvalue weighted by molar-refractivity contribution is 7.17. The van der Waals surface area contributed by atoms with E-state index < -0.39 is 0 Å². The fraction of sp³-hybridized carbons (Fsp3) is 0.158. The Morgan fingerprint density at radius 1 is 1.04 bits per heavy atom. The Balaban J connectivity index is 0.00000157. The molecule has 1 saturated heterocycles. The number of halogens is 1. The van der Waals surface area contributed by atoms with Crippen LogP contribution in [0.25, 0.3) is 10.1 Å². The van der Waals surface area contributed by atoms with Gasteiger partial charge in [-0.15, -0.1) is 23.7 Å². The molecule has 0 amide bonds. The molecule has 0 spiro atoms. The lowest BCUT2D eigenvalue weighted by molar-refractivity contribution is 0.302. The van der Waals surface area contributed by atoms with Crippen LogP contribution >= 0.6 is 23.7 Å². The zero-order valence-electron chi connectivity index (χ0n) is 13.3. The van der Waals surface area contributed by atoms with E-state index in [1.165, 1.54) is 21.2 Å². The molecule has 1 N–H and O–H groups in total. The molecular formula is C19H17ClN4S. The zero-order chi connectivity index (χ0) is 15.9. The predicted octanol–water partition coefficient (Wildman–Crippen LogP) is 4.29. The summed E-state index contributed by atoms with van der Waals surface area (Å²) in [5.74, 6) is 0.290. The lowest BCUT2D eigenvalue weighted by atomic mass is 9.84. The van der Waals surface area contributed by atoms with E-state index in [4.69, 9.17) is 0 Å². The lowest BCUT2D eigenvalue weighted by Gasteiger charge is -2.24. The van der Waals surface area contributed by atoms with Crippen molar-refractivity contribution in [3.05, 3.63) is 77.7 Å². The number of aliphatic imine (C=N–C) groups is 1. The third-order valence-corrected chi connectivity index (χ3v) is 5.71. The van der Waals surface area contributed by atoms with E-state index in [1.807, 2.05) is 31.0 Å². The van der Waals surface area contributed by atoms with Gasteiger partial charge in [0.1, 0.15) is 0 Å². The van der Waals surface area contributed by atoms with Crippen molar-refractivity contribution in [3.8, 4) is 0 Å². The molecule has 4 heterocycles. The van der Waals surface area contributed by atoms with Crippen LogP contribution in [0.2, 0.25) is 0 Å². The number of thiophene rings is 1. The van der Waals surface area contributed by atoms with E-state index in [9.17, 15) is 0 Å². The normalized spacial score (nSPS) is 24.3. The van der Waals surface area contributed by atoms with E-state index in [2.05, 4.69) is 62.2 Å². The van der Waals surface area contributed by atoms with E-state index >= 15 is 0 Å². The molecule has 0 aliphatic carbocycles. The number of nitrogens with one attached hydrogen (secondary N) is 1. The van der Waals surface area contributed by atoms with Crippen molar-refractivity contribution in [1.82, 2.24) is 15.4 Å². The first-order valence-electron chi connectivity index (χ1n) is 8.02. The van der Waals surface area contributed by atoms with Crippen molar-refractivity contribution >= 4 is 40.0 Å². The van der Waals surface area contributed by atoms with Gasteiger partial charge in [0.2, 0.25) is 0 Å². The Labute approximate surface area is 156 Å². The molecule has 3 aromatic rings. The molecule has 0 bridgehead atoms. The van der Waals surface area contributed by atoms with Crippen LogP contribution in [0.5, 0.6) is 0 Å². The number of pyridine rings is 1. The van der Waals surface area contributed by atoms with Crippen LogP contribution in [0.3, 0.4) is 0 Å². The summed E-state index contributed by atoms with van der Waals surface area (Å²) in [4.78, 5) is 8.54. The van der Waals surface area contributed by atoms with Gasteiger partial charge in [0.25, 0.3) is 0 Å². The average Bonchev–Trinajstić information content (AvgIpc) is 3.26. The molecular weight excluding hydrogens is 352 g/mol. The van der Waals surface area contributed by atoms with E-state index in [0.29, 0.717) is 0 Å². The van der Waals surface area contributed by atoms with Crippen LogP contribution in [-0.4, -0.2) is 22.2 Å². The molecule has 4 nitrogen and oxygen atoms in total. The second-order valence-electron chi connectivity index (χ2n) is 6.13.